The fourth-order valence-electron chi connectivity index (χ4n) is 2.93. The maximum atomic E-state index is 5.94. The number of methoxy groups -OCH3 is 1. The van der Waals surface area contributed by atoms with Gasteiger partial charge in [-0.3, -0.25) is 0 Å². The third-order valence-electron chi connectivity index (χ3n) is 4.43. The number of benzene rings is 1. The van der Waals surface area contributed by atoms with Crippen LogP contribution in [0.15, 0.2) is 33.2 Å². The van der Waals surface area contributed by atoms with Crippen LogP contribution < -0.4 is 4.74 Å². The molecule has 0 radical (unpaired) electrons. The second kappa shape index (κ2) is 8.71. The van der Waals surface area contributed by atoms with Crippen molar-refractivity contribution in [2.45, 2.75) is 39.0 Å². The molecule has 0 fully saturated rings. The number of ether oxygens (including phenoxy) is 1. The Kier molecular flexibility index (Phi) is 6.08. The molecule has 5 nitrogen and oxygen atoms in total. The van der Waals surface area contributed by atoms with Crippen LogP contribution in [0.25, 0.3) is 31.9 Å². The Morgan fingerprint density at radius 2 is 1.93 bits per heavy atom. The molecule has 0 saturated carbocycles. The largest absolute Gasteiger partial charge is 0.497 e. The molecule has 0 aliphatic rings. The predicted octanol–water partition coefficient (Wildman–Crippen LogP) is 6.97. The van der Waals surface area contributed by atoms with Gasteiger partial charge in [-0.05, 0) is 53.0 Å². The Hall–Kier alpha value is -1.77. The van der Waals surface area contributed by atoms with Gasteiger partial charge in [-0.25, -0.2) is 4.98 Å². The lowest BCUT2D eigenvalue weighted by molar-refractivity contribution is 0.415. The normalized spacial score (nSPS) is 11.4. The van der Waals surface area contributed by atoms with Gasteiger partial charge in [-0.15, -0.1) is 32.9 Å². The molecule has 3 aromatic heterocycles. The maximum Gasteiger partial charge on any atom is 0.277 e. The standard InChI is InChI=1S/C20H20BrN3O2S2/c1-3-4-5-6-7-15-13(21)11-17(27-15)18-23-24-19(26-18)20-22-14-9-8-12(25-2)10-16(14)28-20/h8-11H,3-7H2,1-2H3. The summed E-state index contributed by atoms with van der Waals surface area (Å²) >= 11 is 6.90. The monoisotopic (exact) mass is 477 g/mol. The van der Waals surface area contributed by atoms with Crippen LogP contribution in [-0.2, 0) is 6.42 Å². The van der Waals surface area contributed by atoms with Crippen molar-refractivity contribution in [3.05, 3.63) is 33.6 Å². The minimum absolute atomic E-state index is 0.448. The summed E-state index contributed by atoms with van der Waals surface area (Å²) in [5, 5.41) is 9.18. The Morgan fingerprint density at radius 1 is 1.07 bits per heavy atom. The first-order chi connectivity index (χ1) is 13.7. The second-order valence-electron chi connectivity index (χ2n) is 6.46. The Morgan fingerprint density at radius 3 is 2.75 bits per heavy atom. The van der Waals surface area contributed by atoms with Crippen LogP contribution in [0.4, 0.5) is 0 Å². The quantitative estimate of drug-likeness (QED) is 0.256. The lowest BCUT2D eigenvalue weighted by atomic mass is 10.1. The van der Waals surface area contributed by atoms with Crippen LogP contribution in [-0.4, -0.2) is 22.3 Å². The van der Waals surface area contributed by atoms with E-state index < -0.39 is 0 Å². The van der Waals surface area contributed by atoms with Gasteiger partial charge in [0.1, 0.15) is 5.75 Å². The molecule has 4 rings (SSSR count). The number of hydrogen-bond acceptors (Lipinski definition) is 7. The van der Waals surface area contributed by atoms with Crippen LogP contribution >= 0.6 is 38.6 Å². The number of hydrogen-bond donors (Lipinski definition) is 0. The Balaban J connectivity index is 1.54. The third-order valence-corrected chi connectivity index (χ3v) is 7.59. The zero-order valence-electron chi connectivity index (χ0n) is 15.7. The van der Waals surface area contributed by atoms with E-state index in [0.29, 0.717) is 11.8 Å². The van der Waals surface area contributed by atoms with E-state index in [0.717, 1.165) is 36.7 Å². The lowest BCUT2D eigenvalue weighted by Gasteiger charge is -1.98. The fraction of sp³-hybridized carbons (Fsp3) is 0.350. The Labute approximate surface area is 179 Å². The molecule has 146 valence electrons. The average molecular weight is 478 g/mol. The van der Waals surface area contributed by atoms with Gasteiger partial charge in [0.15, 0.2) is 5.01 Å². The minimum Gasteiger partial charge on any atom is -0.497 e. The van der Waals surface area contributed by atoms with E-state index in [1.165, 1.54) is 41.9 Å². The minimum atomic E-state index is 0.448. The summed E-state index contributed by atoms with van der Waals surface area (Å²) in [6.07, 6.45) is 6.09. The van der Waals surface area contributed by atoms with E-state index in [9.17, 15) is 0 Å². The molecular formula is C20H20BrN3O2S2. The highest BCUT2D eigenvalue weighted by Crippen LogP contribution is 2.37. The van der Waals surface area contributed by atoms with Crippen molar-refractivity contribution >= 4 is 48.8 Å². The molecule has 3 heterocycles. The zero-order valence-corrected chi connectivity index (χ0v) is 18.9. The van der Waals surface area contributed by atoms with Crippen LogP contribution in [0.3, 0.4) is 0 Å². The number of thiazole rings is 1. The number of thiophene rings is 1. The van der Waals surface area contributed by atoms with Crippen molar-refractivity contribution in [2.75, 3.05) is 7.11 Å². The van der Waals surface area contributed by atoms with Gasteiger partial charge < -0.3 is 9.15 Å². The molecule has 8 heteroatoms. The lowest BCUT2D eigenvalue weighted by Crippen LogP contribution is -1.82. The molecule has 4 aromatic rings. The molecule has 0 amide bonds. The number of fused-ring (bicyclic) bond motifs is 1. The smallest absolute Gasteiger partial charge is 0.277 e. The first-order valence-electron chi connectivity index (χ1n) is 9.25. The fourth-order valence-corrected chi connectivity index (χ4v) is 5.68. The molecule has 28 heavy (non-hydrogen) atoms. The van der Waals surface area contributed by atoms with Crippen LogP contribution in [0.2, 0.25) is 0 Å². The average Bonchev–Trinajstić information content (AvgIpc) is 3.42. The van der Waals surface area contributed by atoms with E-state index in [4.69, 9.17) is 9.15 Å². The predicted molar refractivity (Wildman–Crippen MR) is 118 cm³/mol. The van der Waals surface area contributed by atoms with E-state index in [2.05, 4.69) is 44.1 Å². The van der Waals surface area contributed by atoms with Crippen LogP contribution in [0, 0.1) is 0 Å². The van der Waals surface area contributed by atoms with Gasteiger partial charge in [0, 0.05) is 9.35 Å². The summed E-state index contributed by atoms with van der Waals surface area (Å²) in [6, 6.07) is 7.87. The van der Waals surface area contributed by atoms with E-state index in [-0.39, 0.29) is 0 Å². The van der Waals surface area contributed by atoms with Crippen molar-refractivity contribution < 1.29 is 9.15 Å². The molecule has 1 aromatic carbocycles. The van der Waals surface area contributed by atoms with Crippen LogP contribution in [0.5, 0.6) is 5.75 Å². The molecule has 0 aliphatic heterocycles. The van der Waals surface area contributed by atoms with E-state index in [1.54, 1.807) is 18.4 Å². The number of rotatable bonds is 8. The maximum absolute atomic E-state index is 5.94. The van der Waals surface area contributed by atoms with Crippen molar-refractivity contribution in [3.8, 4) is 27.4 Å². The van der Waals surface area contributed by atoms with Gasteiger partial charge in [0.25, 0.3) is 11.8 Å². The topological polar surface area (TPSA) is 61.0 Å². The molecule has 0 atom stereocenters. The number of unbranched alkanes of at least 4 members (excludes halogenated alkanes) is 3. The zero-order chi connectivity index (χ0) is 19.5. The highest BCUT2D eigenvalue weighted by molar-refractivity contribution is 9.10. The summed E-state index contributed by atoms with van der Waals surface area (Å²) in [4.78, 5) is 6.92. The molecule has 0 unspecified atom stereocenters. The molecule has 0 aliphatic carbocycles. The number of aryl methyl sites for hydroxylation is 1. The number of nitrogens with zero attached hydrogens (tertiary/aromatic N) is 3. The molecule has 0 N–H and O–H groups in total. The first-order valence-corrected chi connectivity index (χ1v) is 11.7. The first kappa shape index (κ1) is 19.5. The van der Waals surface area contributed by atoms with Crippen molar-refractivity contribution in [3.63, 3.8) is 0 Å². The van der Waals surface area contributed by atoms with Gasteiger partial charge in [-0.2, -0.15) is 0 Å². The summed E-state index contributed by atoms with van der Waals surface area (Å²) < 4.78 is 13.4. The molecular weight excluding hydrogens is 458 g/mol. The molecule has 0 saturated heterocycles. The number of halogens is 1. The summed E-state index contributed by atoms with van der Waals surface area (Å²) in [7, 11) is 1.66. The number of aromatic nitrogens is 3. The summed E-state index contributed by atoms with van der Waals surface area (Å²) in [6.45, 7) is 2.23. The van der Waals surface area contributed by atoms with Gasteiger partial charge in [0.05, 0.1) is 22.2 Å². The second-order valence-corrected chi connectivity index (χ2v) is 9.48. The van der Waals surface area contributed by atoms with Crippen LogP contribution in [0.1, 0.15) is 37.5 Å². The Bertz CT molecular complexity index is 1090. The molecule has 0 bridgehead atoms. The third kappa shape index (κ3) is 4.14. The molecule has 0 spiro atoms. The van der Waals surface area contributed by atoms with Crippen molar-refractivity contribution in [1.29, 1.82) is 0 Å². The van der Waals surface area contributed by atoms with E-state index >= 15 is 0 Å². The highest BCUT2D eigenvalue weighted by Gasteiger charge is 2.18. The van der Waals surface area contributed by atoms with Gasteiger partial charge in [0.2, 0.25) is 0 Å². The van der Waals surface area contributed by atoms with Gasteiger partial charge in [-0.1, -0.05) is 26.2 Å². The summed E-state index contributed by atoms with van der Waals surface area (Å²) in [5.74, 6) is 1.80. The SMILES string of the molecule is CCCCCCc1sc(-c2nnc(-c3nc4ccc(OC)cc4s3)o2)cc1Br. The van der Waals surface area contributed by atoms with Gasteiger partial charge >= 0.3 is 0 Å². The highest BCUT2D eigenvalue weighted by atomic mass is 79.9. The van der Waals surface area contributed by atoms with Crippen molar-refractivity contribution in [1.82, 2.24) is 15.2 Å². The van der Waals surface area contributed by atoms with E-state index in [1.807, 2.05) is 18.2 Å². The van der Waals surface area contributed by atoms with Crippen molar-refractivity contribution in [2.24, 2.45) is 0 Å². The summed E-state index contributed by atoms with van der Waals surface area (Å²) in [5.41, 5.74) is 0.897.